The minimum absolute atomic E-state index is 0.0123. The Morgan fingerprint density at radius 3 is 2.60 bits per heavy atom. The van der Waals surface area contributed by atoms with Crippen molar-refractivity contribution in [1.29, 1.82) is 0 Å². The van der Waals surface area contributed by atoms with E-state index in [9.17, 15) is 9.59 Å². The Labute approximate surface area is 127 Å². The summed E-state index contributed by atoms with van der Waals surface area (Å²) in [6.45, 7) is 0. The Morgan fingerprint density at radius 1 is 1.25 bits per heavy atom. The minimum Gasteiger partial charge on any atom is -0.478 e. The number of pyridine rings is 1. The Bertz CT molecular complexity index is 674. The highest BCUT2D eigenvalue weighted by Crippen LogP contribution is 2.21. The van der Waals surface area contributed by atoms with Gasteiger partial charge in [0.15, 0.2) is 0 Å². The molecule has 2 rings (SSSR count). The predicted molar refractivity (Wildman–Crippen MR) is 78.3 cm³/mol. The van der Waals surface area contributed by atoms with Crippen LogP contribution in [0.5, 0.6) is 0 Å². The second-order valence-electron chi connectivity index (χ2n) is 3.81. The fourth-order valence-corrected chi connectivity index (χ4v) is 1.97. The summed E-state index contributed by atoms with van der Waals surface area (Å²) in [6.07, 6.45) is 1.34. The van der Waals surface area contributed by atoms with Crippen LogP contribution in [0.25, 0.3) is 0 Å². The normalized spacial score (nSPS) is 10.1. The van der Waals surface area contributed by atoms with Crippen LogP contribution in [0.15, 0.2) is 41.0 Å². The number of carboxylic acids is 1. The maximum atomic E-state index is 12.0. The van der Waals surface area contributed by atoms with Crippen molar-refractivity contribution in [3.8, 4) is 0 Å². The van der Waals surface area contributed by atoms with Gasteiger partial charge < -0.3 is 10.4 Å². The van der Waals surface area contributed by atoms with Crippen molar-refractivity contribution in [3.05, 3.63) is 57.3 Å². The lowest BCUT2D eigenvalue weighted by Gasteiger charge is -2.08. The number of amides is 1. The van der Waals surface area contributed by atoms with Crippen LogP contribution in [0.3, 0.4) is 0 Å². The third-order valence-electron chi connectivity index (χ3n) is 2.42. The van der Waals surface area contributed by atoms with Gasteiger partial charge >= 0.3 is 5.97 Å². The van der Waals surface area contributed by atoms with E-state index in [4.69, 9.17) is 16.7 Å². The first-order chi connectivity index (χ1) is 9.47. The number of carbonyl (C=O) groups excluding carboxylic acids is 1. The Kier molecular flexibility index (Phi) is 4.36. The molecule has 20 heavy (non-hydrogen) atoms. The zero-order valence-electron chi connectivity index (χ0n) is 9.93. The first-order valence-corrected chi connectivity index (χ1v) is 6.60. The third kappa shape index (κ3) is 3.34. The largest absolute Gasteiger partial charge is 0.478 e. The van der Waals surface area contributed by atoms with Crippen LogP contribution in [0.1, 0.15) is 20.8 Å². The van der Waals surface area contributed by atoms with Crippen LogP contribution < -0.4 is 5.32 Å². The molecule has 2 N–H and O–H groups in total. The van der Waals surface area contributed by atoms with Gasteiger partial charge in [0.25, 0.3) is 5.91 Å². The van der Waals surface area contributed by atoms with Crippen molar-refractivity contribution in [2.75, 3.05) is 5.32 Å². The van der Waals surface area contributed by atoms with E-state index in [2.05, 4.69) is 26.2 Å². The van der Waals surface area contributed by atoms with Crippen molar-refractivity contribution < 1.29 is 14.7 Å². The van der Waals surface area contributed by atoms with Crippen LogP contribution in [0.4, 0.5) is 5.69 Å². The number of hydrogen-bond donors (Lipinski definition) is 2. The molecule has 0 aliphatic carbocycles. The van der Waals surface area contributed by atoms with E-state index in [1.807, 2.05) is 0 Å². The van der Waals surface area contributed by atoms with Gasteiger partial charge in [-0.3, -0.25) is 4.79 Å². The quantitative estimate of drug-likeness (QED) is 0.884. The molecule has 1 aromatic heterocycles. The molecule has 0 bridgehead atoms. The predicted octanol–water partition coefficient (Wildman–Crippen LogP) is 3.45. The smallest absolute Gasteiger partial charge is 0.337 e. The topological polar surface area (TPSA) is 79.3 Å². The molecule has 0 saturated heterocycles. The summed E-state index contributed by atoms with van der Waals surface area (Å²) >= 11 is 8.86. The molecule has 0 atom stereocenters. The van der Waals surface area contributed by atoms with E-state index in [0.29, 0.717) is 9.50 Å². The molecule has 1 amide bonds. The monoisotopic (exact) mass is 354 g/mol. The average molecular weight is 356 g/mol. The molecule has 0 aliphatic heterocycles. The van der Waals surface area contributed by atoms with Crippen molar-refractivity contribution in [2.24, 2.45) is 0 Å². The summed E-state index contributed by atoms with van der Waals surface area (Å²) in [5, 5.41) is 12.0. The van der Waals surface area contributed by atoms with Crippen molar-refractivity contribution in [3.63, 3.8) is 0 Å². The van der Waals surface area contributed by atoms with E-state index in [-0.39, 0.29) is 16.9 Å². The van der Waals surface area contributed by atoms with Gasteiger partial charge in [-0.1, -0.05) is 27.5 Å². The molecule has 0 radical (unpaired) electrons. The molecular weight excluding hydrogens is 348 g/mol. The van der Waals surface area contributed by atoms with E-state index in [1.165, 1.54) is 30.5 Å². The van der Waals surface area contributed by atoms with Crippen LogP contribution >= 0.6 is 27.5 Å². The molecule has 1 heterocycles. The number of hydrogen-bond acceptors (Lipinski definition) is 3. The molecule has 2 aromatic rings. The zero-order chi connectivity index (χ0) is 14.7. The number of aromatic nitrogens is 1. The minimum atomic E-state index is -1.13. The number of anilines is 1. The zero-order valence-corrected chi connectivity index (χ0v) is 12.3. The first-order valence-electron chi connectivity index (χ1n) is 5.43. The summed E-state index contributed by atoms with van der Waals surface area (Å²) in [5.74, 6) is -1.64. The van der Waals surface area contributed by atoms with Crippen molar-refractivity contribution >= 4 is 45.1 Å². The molecule has 5 nitrogen and oxygen atoms in total. The van der Waals surface area contributed by atoms with Crippen LogP contribution in [-0.4, -0.2) is 22.0 Å². The summed E-state index contributed by atoms with van der Waals surface area (Å²) in [5.41, 5.74) is 0.331. The van der Waals surface area contributed by atoms with Gasteiger partial charge in [-0.15, -0.1) is 0 Å². The molecular formula is C13H8BrClN2O3. The second kappa shape index (κ2) is 6.02. The van der Waals surface area contributed by atoms with Gasteiger partial charge in [0, 0.05) is 10.7 Å². The number of rotatable bonds is 3. The highest BCUT2D eigenvalue weighted by molar-refractivity contribution is 9.10. The Morgan fingerprint density at radius 2 is 2.00 bits per heavy atom. The summed E-state index contributed by atoms with van der Waals surface area (Å²) in [6, 6.07) is 7.53. The van der Waals surface area contributed by atoms with Crippen LogP contribution in [0, 0.1) is 0 Å². The molecule has 7 heteroatoms. The lowest BCUT2D eigenvalue weighted by molar-refractivity contribution is 0.0698. The molecule has 0 fully saturated rings. The number of nitrogens with one attached hydrogen (secondary N) is 1. The average Bonchev–Trinajstić information content (AvgIpc) is 2.41. The highest BCUT2D eigenvalue weighted by Gasteiger charge is 2.14. The molecule has 0 unspecified atom stereocenters. The molecule has 0 aliphatic rings. The van der Waals surface area contributed by atoms with E-state index in [0.717, 1.165) is 0 Å². The number of nitrogens with zero attached hydrogens (tertiary/aromatic N) is 1. The Hall–Kier alpha value is -1.92. The standard InChI is InChI=1S/C13H8BrClN2O3/c14-7-1-3-10(9(5-7)13(19)20)17-12(18)11-4-2-8(15)6-16-11/h1-6H,(H,17,18)(H,19,20). The number of halogens is 2. The van der Waals surface area contributed by atoms with Gasteiger partial charge in [-0.25, -0.2) is 9.78 Å². The van der Waals surface area contributed by atoms with E-state index < -0.39 is 11.9 Å². The van der Waals surface area contributed by atoms with Crippen molar-refractivity contribution in [1.82, 2.24) is 4.98 Å². The van der Waals surface area contributed by atoms with Gasteiger partial charge in [0.05, 0.1) is 16.3 Å². The van der Waals surface area contributed by atoms with E-state index in [1.54, 1.807) is 6.07 Å². The molecule has 102 valence electrons. The molecule has 1 aromatic carbocycles. The van der Waals surface area contributed by atoms with E-state index >= 15 is 0 Å². The van der Waals surface area contributed by atoms with Crippen molar-refractivity contribution in [2.45, 2.75) is 0 Å². The van der Waals surface area contributed by atoms with Gasteiger partial charge in [0.2, 0.25) is 0 Å². The summed E-state index contributed by atoms with van der Waals surface area (Å²) < 4.78 is 0.609. The van der Waals surface area contributed by atoms with Gasteiger partial charge in [-0.2, -0.15) is 0 Å². The number of carboxylic acid groups (broad SMARTS) is 1. The molecule has 0 saturated carbocycles. The fourth-order valence-electron chi connectivity index (χ4n) is 1.50. The lowest BCUT2D eigenvalue weighted by Crippen LogP contribution is -2.16. The Balaban J connectivity index is 2.28. The SMILES string of the molecule is O=C(Nc1ccc(Br)cc1C(=O)O)c1ccc(Cl)cn1. The van der Waals surface area contributed by atoms with Crippen LogP contribution in [-0.2, 0) is 0 Å². The first kappa shape index (κ1) is 14.5. The lowest BCUT2D eigenvalue weighted by atomic mass is 10.1. The summed E-state index contributed by atoms with van der Waals surface area (Å²) in [4.78, 5) is 27.0. The number of aromatic carboxylic acids is 1. The second-order valence-corrected chi connectivity index (χ2v) is 5.16. The maximum absolute atomic E-state index is 12.0. The molecule has 0 spiro atoms. The summed E-state index contributed by atoms with van der Waals surface area (Å²) in [7, 11) is 0. The highest BCUT2D eigenvalue weighted by atomic mass is 79.9. The number of benzene rings is 1. The third-order valence-corrected chi connectivity index (χ3v) is 3.14. The fraction of sp³-hybridized carbons (Fsp3) is 0. The maximum Gasteiger partial charge on any atom is 0.337 e. The van der Waals surface area contributed by atoms with Gasteiger partial charge in [0.1, 0.15) is 5.69 Å². The number of carbonyl (C=O) groups is 2. The van der Waals surface area contributed by atoms with Crippen LogP contribution in [0.2, 0.25) is 5.02 Å². The van der Waals surface area contributed by atoms with Gasteiger partial charge in [-0.05, 0) is 30.3 Å².